The molecule has 6 heteroatoms. The summed E-state index contributed by atoms with van der Waals surface area (Å²) in [5.74, 6) is 0.997. The number of carbonyl (C=O) groups excluding carboxylic acids is 1. The molecule has 0 aliphatic carbocycles. The zero-order valence-electron chi connectivity index (χ0n) is 12.4. The Hall–Kier alpha value is -1.43. The first kappa shape index (κ1) is 16.9. The molecule has 1 unspecified atom stereocenters. The summed E-state index contributed by atoms with van der Waals surface area (Å²) in [6.45, 7) is 3.66. The highest BCUT2D eigenvalue weighted by atomic mass is 35.5. The van der Waals surface area contributed by atoms with E-state index in [4.69, 9.17) is 16.0 Å². The Kier molecular flexibility index (Phi) is 5.56. The zero-order valence-corrected chi connectivity index (χ0v) is 14.0. The van der Waals surface area contributed by atoms with Gasteiger partial charge in [0.2, 0.25) is 0 Å². The number of furan rings is 1. The number of thioether (sulfide) groups is 1. The van der Waals surface area contributed by atoms with E-state index in [1.807, 2.05) is 6.92 Å². The van der Waals surface area contributed by atoms with Crippen LogP contribution in [0.3, 0.4) is 0 Å². The lowest BCUT2D eigenvalue weighted by Crippen LogP contribution is -2.38. The van der Waals surface area contributed by atoms with Crippen molar-refractivity contribution in [3.05, 3.63) is 52.9 Å². The molecular formula is C16H18ClNO3S. The first-order chi connectivity index (χ1) is 10.4. The predicted molar refractivity (Wildman–Crippen MR) is 88.5 cm³/mol. The number of benzene rings is 1. The third kappa shape index (κ3) is 4.06. The Bertz CT molecular complexity index is 641. The van der Waals surface area contributed by atoms with Crippen LogP contribution in [0, 0.1) is 0 Å². The van der Waals surface area contributed by atoms with Gasteiger partial charge in [-0.25, -0.2) is 0 Å². The van der Waals surface area contributed by atoms with Crippen LogP contribution in [0.2, 0.25) is 5.02 Å². The Labute approximate surface area is 138 Å². The Morgan fingerprint density at radius 1 is 1.45 bits per heavy atom. The molecule has 0 saturated heterocycles. The van der Waals surface area contributed by atoms with Crippen molar-refractivity contribution < 1.29 is 14.3 Å². The fourth-order valence-corrected chi connectivity index (χ4v) is 3.05. The van der Waals surface area contributed by atoms with E-state index in [1.54, 1.807) is 49.0 Å². The van der Waals surface area contributed by atoms with Crippen molar-refractivity contribution in [1.29, 1.82) is 0 Å². The summed E-state index contributed by atoms with van der Waals surface area (Å²) in [5.41, 5.74) is -0.713. The minimum absolute atomic E-state index is 0.0538. The van der Waals surface area contributed by atoms with Gasteiger partial charge >= 0.3 is 0 Å². The molecule has 1 heterocycles. The van der Waals surface area contributed by atoms with E-state index >= 15 is 0 Å². The van der Waals surface area contributed by atoms with Crippen LogP contribution in [0.25, 0.3) is 0 Å². The molecule has 0 saturated carbocycles. The second kappa shape index (κ2) is 7.22. The van der Waals surface area contributed by atoms with Crippen molar-refractivity contribution in [2.45, 2.75) is 24.3 Å². The van der Waals surface area contributed by atoms with Gasteiger partial charge in [0.25, 0.3) is 5.91 Å². The molecule has 118 valence electrons. The molecule has 0 aliphatic heterocycles. The second-order valence-corrected chi connectivity index (χ2v) is 6.75. The monoisotopic (exact) mass is 339 g/mol. The van der Waals surface area contributed by atoms with Crippen LogP contribution in [0.15, 0.2) is 45.9 Å². The summed E-state index contributed by atoms with van der Waals surface area (Å²) in [5, 5.41) is 13.7. The average molecular weight is 340 g/mol. The maximum Gasteiger partial charge on any atom is 0.252 e. The van der Waals surface area contributed by atoms with Gasteiger partial charge in [-0.2, -0.15) is 0 Å². The highest BCUT2D eigenvalue weighted by Crippen LogP contribution is 2.26. The van der Waals surface area contributed by atoms with E-state index < -0.39 is 5.60 Å². The lowest BCUT2D eigenvalue weighted by molar-refractivity contribution is 0.0330. The first-order valence-corrected chi connectivity index (χ1v) is 8.27. The van der Waals surface area contributed by atoms with Crippen molar-refractivity contribution in [1.82, 2.24) is 5.32 Å². The maximum absolute atomic E-state index is 12.4. The number of carbonyl (C=O) groups is 1. The van der Waals surface area contributed by atoms with Crippen LogP contribution in [0.5, 0.6) is 0 Å². The summed E-state index contributed by atoms with van der Waals surface area (Å²) in [6.07, 6.45) is 1.49. The van der Waals surface area contributed by atoms with Gasteiger partial charge in [-0.15, -0.1) is 11.8 Å². The number of hydrogen-bond acceptors (Lipinski definition) is 4. The van der Waals surface area contributed by atoms with Gasteiger partial charge in [-0.1, -0.05) is 18.5 Å². The Morgan fingerprint density at radius 2 is 2.23 bits per heavy atom. The molecule has 0 aliphatic rings. The predicted octanol–water partition coefficient (Wildman–Crippen LogP) is 3.68. The summed E-state index contributed by atoms with van der Waals surface area (Å²) >= 11 is 7.53. The molecule has 0 radical (unpaired) electrons. The molecule has 0 fully saturated rings. The average Bonchev–Trinajstić information content (AvgIpc) is 3.00. The van der Waals surface area contributed by atoms with E-state index in [1.165, 1.54) is 6.26 Å². The fraction of sp³-hybridized carbons (Fsp3) is 0.312. The van der Waals surface area contributed by atoms with Crippen LogP contribution < -0.4 is 5.32 Å². The van der Waals surface area contributed by atoms with Crippen molar-refractivity contribution in [2.24, 2.45) is 0 Å². The third-order valence-electron chi connectivity index (χ3n) is 3.13. The fourth-order valence-electron chi connectivity index (χ4n) is 1.98. The normalized spacial score (nSPS) is 13.6. The largest absolute Gasteiger partial charge is 0.466 e. The minimum Gasteiger partial charge on any atom is -0.466 e. The van der Waals surface area contributed by atoms with Gasteiger partial charge in [-0.3, -0.25) is 4.79 Å². The molecule has 2 N–H and O–H groups in total. The lowest BCUT2D eigenvalue weighted by atomic mass is 10.0. The van der Waals surface area contributed by atoms with Gasteiger partial charge in [0.1, 0.15) is 11.4 Å². The number of amides is 1. The van der Waals surface area contributed by atoms with Gasteiger partial charge in [-0.05, 0) is 43.0 Å². The van der Waals surface area contributed by atoms with Crippen molar-refractivity contribution >= 4 is 29.3 Å². The number of rotatable bonds is 6. The zero-order chi connectivity index (χ0) is 16.2. The summed E-state index contributed by atoms with van der Waals surface area (Å²) in [6, 6.07) is 8.51. The highest BCUT2D eigenvalue weighted by Gasteiger charge is 2.27. The van der Waals surface area contributed by atoms with Gasteiger partial charge in [0.15, 0.2) is 0 Å². The summed E-state index contributed by atoms with van der Waals surface area (Å²) in [7, 11) is 0. The number of halogens is 1. The van der Waals surface area contributed by atoms with Crippen LogP contribution in [-0.4, -0.2) is 23.3 Å². The third-order valence-corrected chi connectivity index (χ3v) is 4.31. The molecule has 1 aromatic heterocycles. The summed E-state index contributed by atoms with van der Waals surface area (Å²) in [4.78, 5) is 13.2. The van der Waals surface area contributed by atoms with Crippen LogP contribution in [0.4, 0.5) is 0 Å². The standard InChI is InChI=1S/C16H18ClNO3S/c1-3-22-13-9-11(17)6-7-12(13)15(19)18-10-16(2,20)14-5-4-8-21-14/h4-9,20H,3,10H2,1-2H3,(H,18,19). The molecule has 1 atom stereocenters. The molecule has 1 amide bonds. The van der Waals surface area contributed by atoms with E-state index in [0.717, 1.165) is 10.6 Å². The van der Waals surface area contributed by atoms with Crippen LogP contribution in [0.1, 0.15) is 30.0 Å². The number of aliphatic hydroxyl groups is 1. The number of nitrogens with one attached hydrogen (secondary N) is 1. The Morgan fingerprint density at radius 3 is 2.86 bits per heavy atom. The van der Waals surface area contributed by atoms with Gasteiger partial charge < -0.3 is 14.8 Å². The van der Waals surface area contributed by atoms with Gasteiger partial charge in [0.05, 0.1) is 18.4 Å². The van der Waals surface area contributed by atoms with Gasteiger partial charge in [0, 0.05) is 9.92 Å². The van der Waals surface area contributed by atoms with Crippen molar-refractivity contribution in [3.8, 4) is 0 Å². The summed E-state index contributed by atoms with van der Waals surface area (Å²) < 4.78 is 5.19. The SMILES string of the molecule is CCSc1cc(Cl)ccc1C(=O)NCC(C)(O)c1ccco1. The number of hydrogen-bond donors (Lipinski definition) is 2. The van der Waals surface area contributed by atoms with Crippen LogP contribution in [-0.2, 0) is 5.60 Å². The smallest absolute Gasteiger partial charge is 0.252 e. The molecule has 2 rings (SSSR count). The van der Waals surface area contributed by atoms with Crippen molar-refractivity contribution in [3.63, 3.8) is 0 Å². The highest BCUT2D eigenvalue weighted by molar-refractivity contribution is 7.99. The van der Waals surface area contributed by atoms with E-state index in [-0.39, 0.29) is 12.5 Å². The molecule has 2 aromatic rings. The lowest BCUT2D eigenvalue weighted by Gasteiger charge is -2.21. The van der Waals surface area contributed by atoms with E-state index in [2.05, 4.69) is 5.32 Å². The molecule has 0 bridgehead atoms. The molecular weight excluding hydrogens is 322 g/mol. The molecule has 1 aromatic carbocycles. The van der Waals surface area contributed by atoms with E-state index in [0.29, 0.717) is 16.3 Å². The molecule has 0 spiro atoms. The van der Waals surface area contributed by atoms with E-state index in [9.17, 15) is 9.90 Å². The quantitative estimate of drug-likeness (QED) is 0.788. The second-order valence-electron chi connectivity index (χ2n) is 5.01. The van der Waals surface area contributed by atoms with Crippen LogP contribution >= 0.6 is 23.4 Å². The minimum atomic E-state index is -1.26. The molecule has 4 nitrogen and oxygen atoms in total. The molecule has 22 heavy (non-hydrogen) atoms. The first-order valence-electron chi connectivity index (χ1n) is 6.91. The topological polar surface area (TPSA) is 62.5 Å². The Balaban J connectivity index is 2.10. The maximum atomic E-state index is 12.4. The van der Waals surface area contributed by atoms with Crippen molar-refractivity contribution in [2.75, 3.05) is 12.3 Å².